The second kappa shape index (κ2) is 7.35. The molecule has 1 aromatic carbocycles. The number of carbonyl (C=O) groups excluding carboxylic acids is 1. The van der Waals surface area contributed by atoms with Crippen LogP contribution in [-0.4, -0.2) is 62.9 Å². The van der Waals surface area contributed by atoms with Gasteiger partial charge in [0.25, 0.3) is 5.91 Å². The Labute approximate surface area is 148 Å². The Hall–Kier alpha value is -2.21. The largest absolute Gasteiger partial charge is 0.335 e. The van der Waals surface area contributed by atoms with Crippen LogP contribution in [0.4, 0.5) is 0 Å². The summed E-state index contributed by atoms with van der Waals surface area (Å²) in [6, 6.07) is 10.8. The first kappa shape index (κ1) is 16.3. The summed E-state index contributed by atoms with van der Waals surface area (Å²) in [4.78, 5) is 17.2. The first-order valence-electron chi connectivity index (χ1n) is 9.27. The predicted molar refractivity (Wildman–Crippen MR) is 95.3 cm³/mol. The van der Waals surface area contributed by atoms with E-state index in [4.69, 9.17) is 0 Å². The highest BCUT2D eigenvalue weighted by Gasteiger charge is 2.29. The van der Waals surface area contributed by atoms with Crippen LogP contribution in [0.25, 0.3) is 0 Å². The highest BCUT2D eigenvalue weighted by Crippen LogP contribution is 2.24. The molecule has 132 valence electrons. The number of carbonyl (C=O) groups is 1. The van der Waals surface area contributed by atoms with Crippen LogP contribution in [-0.2, 0) is 6.54 Å². The molecule has 2 fully saturated rings. The van der Waals surface area contributed by atoms with Gasteiger partial charge in [-0.1, -0.05) is 48.4 Å². The van der Waals surface area contributed by atoms with Crippen molar-refractivity contribution in [1.29, 1.82) is 0 Å². The van der Waals surface area contributed by atoms with E-state index < -0.39 is 0 Å². The second-order valence-electron chi connectivity index (χ2n) is 7.05. The molecule has 2 aliphatic rings. The number of amides is 1. The van der Waals surface area contributed by atoms with Gasteiger partial charge >= 0.3 is 0 Å². The van der Waals surface area contributed by atoms with E-state index in [1.54, 1.807) is 10.9 Å². The van der Waals surface area contributed by atoms with Crippen molar-refractivity contribution in [3.8, 4) is 0 Å². The fourth-order valence-electron chi connectivity index (χ4n) is 3.97. The topological polar surface area (TPSA) is 54.3 Å². The lowest BCUT2D eigenvalue weighted by atomic mass is 10.2. The molecule has 6 heteroatoms. The summed E-state index contributed by atoms with van der Waals surface area (Å²) < 4.78 is 1.73. The summed E-state index contributed by atoms with van der Waals surface area (Å²) in [5, 5.41) is 8.21. The first-order chi connectivity index (χ1) is 12.3. The zero-order chi connectivity index (χ0) is 17.1. The number of benzene rings is 1. The lowest BCUT2D eigenvalue weighted by Crippen LogP contribution is -2.51. The minimum absolute atomic E-state index is 0.00498. The fraction of sp³-hybridized carbons (Fsp3) is 0.526. The molecule has 0 N–H and O–H groups in total. The molecule has 1 aliphatic carbocycles. The minimum Gasteiger partial charge on any atom is -0.335 e. The van der Waals surface area contributed by atoms with E-state index in [0.717, 1.165) is 37.8 Å². The molecule has 1 aliphatic heterocycles. The predicted octanol–water partition coefficient (Wildman–Crippen LogP) is 2.03. The molecule has 0 atom stereocenters. The molecule has 25 heavy (non-hydrogen) atoms. The van der Waals surface area contributed by atoms with Gasteiger partial charge in [-0.05, 0) is 18.4 Å². The van der Waals surface area contributed by atoms with E-state index in [9.17, 15) is 4.79 Å². The van der Waals surface area contributed by atoms with E-state index in [1.807, 2.05) is 35.2 Å². The van der Waals surface area contributed by atoms with E-state index in [0.29, 0.717) is 12.2 Å². The molecule has 1 amide bonds. The fourth-order valence-corrected chi connectivity index (χ4v) is 3.97. The average molecular weight is 339 g/mol. The Balaban J connectivity index is 1.34. The summed E-state index contributed by atoms with van der Waals surface area (Å²) in [5.41, 5.74) is 1.60. The average Bonchev–Trinajstić information content (AvgIpc) is 3.34. The van der Waals surface area contributed by atoms with E-state index >= 15 is 0 Å². The molecule has 6 nitrogen and oxygen atoms in total. The van der Waals surface area contributed by atoms with Crippen LogP contribution in [0, 0.1) is 0 Å². The van der Waals surface area contributed by atoms with Crippen molar-refractivity contribution < 1.29 is 4.79 Å². The van der Waals surface area contributed by atoms with Crippen molar-refractivity contribution in [3.63, 3.8) is 0 Å². The Morgan fingerprint density at radius 1 is 1.04 bits per heavy atom. The molecule has 2 aromatic rings. The Kier molecular flexibility index (Phi) is 4.78. The van der Waals surface area contributed by atoms with Gasteiger partial charge in [-0.25, -0.2) is 4.68 Å². The van der Waals surface area contributed by atoms with E-state index in [-0.39, 0.29) is 5.91 Å². The quantitative estimate of drug-likeness (QED) is 0.855. The molecular formula is C19H25N5O. The number of hydrogen-bond donors (Lipinski definition) is 0. The normalized spacial score (nSPS) is 19.4. The van der Waals surface area contributed by atoms with Crippen LogP contribution < -0.4 is 0 Å². The van der Waals surface area contributed by atoms with Gasteiger partial charge < -0.3 is 4.90 Å². The SMILES string of the molecule is O=C(c1cn(Cc2ccccc2)nn1)N1CCN(C2CCCC2)CC1. The van der Waals surface area contributed by atoms with Gasteiger partial charge in [0.05, 0.1) is 12.7 Å². The van der Waals surface area contributed by atoms with Crippen LogP contribution in [0.15, 0.2) is 36.5 Å². The molecule has 0 radical (unpaired) electrons. The third kappa shape index (κ3) is 3.74. The Morgan fingerprint density at radius 3 is 2.48 bits per heavy atom. The molecular weight excluding hydrogens is 314 g/mol. The van der Waals surface area contributed by atoms with Crippen LogP contribution in [0.1, 0.15) is 41.7 Å². The summed E-state index contributed by atoms with van der Waals surface area (Å²) in [5.74, 6) is 0.00498. The number of nitrogens with zero attached hydrogens (tertiary/aromatic N) is 5. The lowest BCUT2D eigenvalue weighted by Gasteiger charge is -2.37. The summed E-state index contributed by atoms with van der Waals surface area (Å²) in [6.45, 7) is 4.18. The van der Waals surface area contributed by atoms with Crippen molar-refractivity contribution in [1.82, 2.24) is 24.8 Å². The standard InChI is InChI=1S/C19H25N5O/c25-19(23-12-10-22(11-13-23)17-8-4-5-9-17)18-15-24(21-20-18)14-16-6-2-1-3-7-16/h1-3,6-7,15,17H,4-5,8-14H2. The van der Waals surface area contributed by atoms with Gasteiger partial charge in [0.2, 0.25) is 0 Å². The van der Waals surface area contributed by atoms with Crippen LogP contribution in [0.2, 0.25) is 0 Å². The molecule has 0 bridgehead atoms. The zero-order valence-electron chi connectivity index (χ0n) is 14.5. The third-order valence-electron chi connectivity index (χ3n) is 5.39. The van der Waals surface area contributed by atoms with Crippen molar-refractivity contribution >= 4 is 5.91 Å². The maximum atomic E-state index is 12.7. The number of hydrogen-bond acceptors (Lipinski definition) is 4. The Bertz CT molecular complexity index is 700. The van der Waals surface area contributed by atoms with Crippen molar-refractivity contribution in [2.45, 2.75) is 38.3 Å². The maximum Gasteiger partial charge on any atom is 0.276 e. The molecule has 1 aromatic heterocycles. The summed E-state index contributed by atoms with van der Waals surface area (Å²) >= 11 is 0. The molecule has 4 rings (SSSR count). The smallest absolute Gasteiger partial charge is 0.276 e. The number of rotatable bonds is 4. The highest BCUT2D eigenvalue weighted by molar-refractivity contribution is 5.92. The highest BCUT2D eigenvalue weighted by atomic mass is 16.2. The molecule has 0 spiro atoms. The van der Waals surface area contributed by atoms with Gasteiger partial charge in [-0.2, -0.15) is 0 Å². The minimum atomic E-state index is 0.00498. The van der Waals surface area contributed by atoms with Crippen molar-refractivity contribution in [2.75, 3.05) is 26.2 Å². The van der Waals surface area contributed by atoms with Gasteiger partial charge in [0.15, 0.2) is 5.69 Å². The van der Waals surface area contributed by atoms with Gasteiger partial charge in [0, 0.05) is 32.2 Å². The number of aromatic nitrogens is 3. The van der Waals surface area contributed by atoms with Gasteiger partial charge in [0.1, 0.15) is 0 Å². The van der Waals surface area contributed by atoms with Crippen LogP contribution in [0.3, 0.4) is 0 Å². The van der Waals surface area contributed by atoms with Crippen LogP contribution in [0.5, 0.6) is 0 Å². The molecule has 1 saturated carbocycles. The molecule has 0 unspecified atom stereocenters. The third-order valence-corrected chi connectivity index (χ3v) is 5.39. The van der Waals surface area contributed by atoms with Gasteiger partial charge in [-0.15, -0.1) is 5.10 Å². The first-order valence-corrected chi connectivity index (χ1v) is 9.27. The van der Waals surface area contributed by atoms with E-state index in [1.165, 1.54) is 25.7 Å². The lowest BCUT2D eigenvalue weighted by molar-refractivity contribution is 0.0568. The summed E-state index contributed by atoms with van der Waals surface area (Å²) in [6.07, 6.45) is 7.12. The van der Waals surface area contributed by atoms with Gasteiger partial charge in [-0.3, -0.25) is 9.69 Å². The number of piperazine rings is 1. The molecule has 1 saturated heterocycles. The monoisotopic (exact) mass is 339 g/mol. The summed E-state index contributed by atoms with van der Waals surface area (Å²) in [7, 11) is 0. The van der Waals surface area contributed by atoms with Crippen LogP contribution >= 0.6 is 0 Å². The maximum absolute atomic E-state index is 12.7. The van der Waals surface area contributed by atoms with E-state index in [2.05, 4.69) is 15.2 Å². The zero-order valence-corrected chi connectivity index (χ0v) is 14.5. The van der Waals surface area contributed by atoms with Crippen molar-refractivity contribution in [3.05, 3.63) is 47.8 Å². The molecule has 2 heterocycles. The second-order valence-corrected chi connectivity index (χ2v) is 7.05. The Morgan fingerprint density at radius 2 is 1.76 bits per heavy atom. The van der Waals surface area contributed by atoms with Crippen molar-refractivity contribution in [2.24, 2.45) is 0 Å².